The molecule has 0 saturated heterocycles. The lowest BCUT2D eigenvalue weighted by molar-refractivity contribution is 0.0377. The van der Waals surface area contributed by atoms with Crippen molar-refractivity contribution in [2.24, 2.45) is 0 Å². The molecule has 0 heterocycles. The molecule has 0 spiro atoms. The molecule has 0 fully saturated rings. The van der Waals surface area contributed by atoms with Crippen molar-refractivity contribution < 1.29 is 28.2 Å². The molecule has 37 heavy (non-hydrogen) atoms. The SMILES string of the molecule is CCCCCCCCOc1ccc(-c2ccc(C(=O)Oc3ccc(C(=O)OC(C)C)cc3F)cc2)cc1. The highest BCUT2D eigenvalue weighted by molar-refractivity contribution is 5.92. The number of unbranched alkanes of at least 4 members (excludes halogenated alkanes) is 5. The summed E-state index contributed by atoms with van der Waals surface area (Å²) >= 11 is 0. The van der Waals surface area contributed by atoms with Crippen molar-refractivity contribution in [1.29, 1.82) is 0 Å². The van der Waals surface area contributed by atoms with Crippen LogP contribution < -0.4 is 9.47 Å². The van der Waals surface area contributed by atoms with Gasteiger partial charge in [-0.3, -0.25) is 0 Å². The van der Waals surface area contributed by atoms with E-state index in [1.54, 1.807) is 26.0 Å². The van der Waals surface area contributed by atoms with E-state index in [0.29, 0.717) is 6.61 Å². The summed E-state index contributed by atoms with van der Waals surface area (Å²) < 4.78 is 30.5. The average molecular weight is 507 g/mol. The van der Waals surface area contributed by atoms with Gasteiger partial charge < -0.3 is 14.2 Å². The first-order chi connectivity index (χ1) is 17.9. The lowest BCUT2D eigenvalue weighted by Crippen LogP contribution is -2.13. The number of rotatable bonds is 13. The molecule has 6 heteroatoms. The second-order valence-electron chi connectivity index (χ2n) is 9.21. The molecular weight excluding hydrogens is 471 g/mol. The van der Waals surface area contributed by atoms with Crippen LogP contribution in [0.2, 0.25) is 0 Å². The van der Waals surface area contributed by atoms with Crippen LogP contribution in [-0.2, 0) is 4.74 Å². The first kappa shape index (κ1) is 27.9. The van der Waals surface area contributed by atoms with Crippen molar-refractivity contribution in [3.8, 4) is 22.6 Å². The Labute approximate surface area is 218 Å². The van der Waals surface area contributed by atoms with E-state index in [9.17, 15) is 14.0 Å². The first-order valence-corrected chi connectivity index (χ1v) is 12.9. The summed E-state index contributed by atoms with van der Waals surface area (Å²) in [6.45, 7) is 6.34. The average Bonchev–Trinajstić information content (AvgIpc) is 2.89. The molecule has 0 bridgehead atoms. The van der Waals surface area contributed by atoms with E-state index in [1.165, 1.54) is 44.2 Å². The van der Waals surface area contributed by atoms with Gasteiger partial charge >= 0.3 is 11.9 Å². The van der Waals surface area contributed by atoms with E-state index >= 15 is 0 Å². The number of carbonyl (C=O) groups is 2. The van der Waals surface area contributed by atoms with Gasteiger partial charge in [-0.1, -0.05) is 63.3 Å². The van der Waals surface area contributed by atoms with Crippen LogP contribution in [0.25, 0.3) is 11.1 Å². The maximum absolute atomic E-state index is 14.4. The summed E-state index contributed by atoms with van der Waals surface area (Å²) in [4.78, 5) is 24.5. The Kier molecular flexibility index (Phi) is 10.7. The lowest BCUT2D eigenvalue weighted by Gasteiger charge is -2.10. The second kappa shape index (κ2) is 14.2. The molecule has 0 aliphatic heterocycles. The van der Waals surface area contributed by atoms with E-state index in [1.807, 2.05) is 36.4 Å². The molecule has 3 rings (SSSR count). The normalized spacial score (nSPS) is 10.8. The second-order valence-corrected chi connectivity index (χ2v) is 9.21. The van der Waals surface area contributed by atoms with Crippen molar-refractivity contribution >= 4 is 11.9 Å². The van der Waals surface area contributed by atoms with Crippen LogP contribution in [0, 0.1) is 5.82 Å². The minimum atomic E-state index is -0.818. The Morgan fingerprint density at radius 3 is 1.97 bits per heavy atom. The summed E-state index contributed by atoms with van der Waals surface area (Å²) in [6, 6.07) is 18.3. The zero-order chi connectivity index (χ0) is 26.6. The zero-order valence-electron chi connectivity index (χ0n) is 21.8. The molecule has 196 valence electrons. The van der Waals surface area contributed by atoms with Gasteiger partial charge in [0.25, 0.3) is 0 Å². The Balaban J connectivity index is 1.53. The number of ether oxygens (including phenoxy) is 3. The summed E-state index contributed by atoms with van der Waals surface area (Å²) in [5.74, 6) is -1.57. The van der Waals surface area contributed by atoms with Crippen molar-refractivity contribution in [2.45, 2.75) is 65.4 Å². The quantitative estimate of drug-likeness (QED) is 0.133. The zero-order valence-corrected chi connectivity index (χ0v) is 21.8. The summed E-state index contributed by atoms with van der Waals surface area (Å²) in [7, 11) is 0. The molecule has 0 N–H and O–H groups in total. The maximum Gasteiger partial charge on any atom is 0.343 e. The Bertz CT molecular complexity index is 1150. The van der Waals surface area contributed by atoms with Gasteiger partial charge in [-0.2, -0.15) is 0 Å². The molecule has 0 unspecified atom stereocenters. The monoisotopic (exact) mass is 506 g/mol. The third-order valence-electron chi connectivity index (χ3n) is 5.79. The van der Waals surface area contributed by atoms with Crippen molar-refractivity contribution in [3.05, 3.63) is 83.7 Å². The van der Waals surface area contributed by atoms with Crippen LogP contribution >= 0.6 is 0 Å². The Morgan fingerprint density at radius 1 is 0.757 bits per heavy atom. The molecule has 3 aromatic carbocycles. The van der Waals surface area contributed by atoms with E-state index in [2.05, 4.69) is 6.92 Å². The smallest absolute Gasteiger partial charge is 0.343 e. The fourth-order valence-corrected chi connectivity index (χ4v) is 3.77. The van der Waals surface area contributed by atoms with Crippen LogP contribution in [0.1, 0.15) is 80.0 Å². The Morgan fingerprint density at radius 2 is 1.35 bits per heavy atom. The van der Waals surface area contributed by atoms with E-state index in [-0.39, 0.29) is 23.0 Å². The lowest BCUT2D eigenvalue weighted by atomic mass is 10.0. The highest BCUT2D eigenvalue weighted by Gasteiger charge is 2.16. The van der Waals surface area contributed by atoms with Crippen LogP contribution in [0.4, 0.5) is 4.39 Å². The largest absolute Gasteiger partial charge is 0.494 e. The first-order valence-electron chi connectivity index (χ1n) is 12.9. The molecule has 5 nitrogen and oxygen atoms in total. The minimum Gasteiger partial charge on any atom is -0.494 e. The number of benzene rings is 3. The van der Waals surface area contributed by atoms with E-state index in [0.717, 1.165) is 29.4 Å². The van der Waals surface area contributed by atoms with Gasteiger partial charge in [0.15, 0.2) is 11.6 Å². The molecular formula is C31H35FO5. The van der Waals surface area contributed by atoms with Gasteiger partial charge in [0.1, 0.15) is 5.75 Å². The molecule has 3 aromatic rings. The Hall–Kier alpha value is -3.67. The van der Waals surface area contributed by atoms with Crippen molar-refractivity contribution in [3.63, 3.8) is 0 Å². The topological polar surface area (TPSA) is 61.8 Å². The van der Waals surface area contributed by atoms with E-state index < -0.39 is 17.8 Å². The van der Waals surface area contributed by atoms with Crippen LogP contribution in [0.3, 0.4) is 0 Å². The molecule has 0 aromatic heterocycles. The predicted molar refractivity (Wildman–Crippen MR) is 143 cm³/mol. The molecule has 0 amide bonds. The van der Waals surface area contributed by atoms with Gasteiger partial charge in [0.05, 0.1) is 23.8 Å². The van der Waals surface area contributed by atoms with Gasteiger partial charge in [-0.05, 0) is 73.9 Å². The van der Waals surface area contributed by atoms with Crippen LogP contribution in [-0.4, -0.2) is 24.6 Å². The maximum atomic E-state index is 14.4. The summed E-state index contributed by atoms with van der Waals surface area (Å²) in [5, 5.41) is 0. The van der Waals surface area contributed by atoms with Crippen molar-refractivity contribution in [2.75, 3.05) is 6.61 Å². The number of esters is 2. The third-order valence-corrected chi connectivity index (χ3v) is 5.79. The van der Waals surface area contributed by atoms with Crippen molar-refractivity contribution in [1.82, 2.24) is 0 Å². The fraction of sp³-hybridized carbons (Fsp3) is 0.355. The number of hydrogen-bond donors (Lipinski definition) is 0. The number of hydrogen-bond acceptors (Lipinski definition) is 5. The highest BCUT2D eigenvalue weighted by Crippen LogP contribution is 2.25. The molecule has 0 aliphatic carbocycles. The predicted octanol–water partition coefficient (Wildman–Crippen LogP) is 8.02. The van der Waals surface area contributed by atoms with Crippen LogP contribution in [0.5, 0.6) is 11.5 Å². The molecule has 0 radical (unpaired) electrons. The third kappa shape index (κ3) is 8.74. The van der Waals surface area contributed by atoms with Gasteiger partial charge in [-0.15, -0.1) is 0 Å². The van der Waals surface area contributed by atoms with Crippen LogP contribution in [0.15, 0.2) is 66.7 Å². The molecule has 0 saturated carbocycles. The minimum absolute atomic E-state index is 0.0502. The fourth-order valence-electron chi connectivity index (χ4n) is 3.77. The van der Waals surface area contributed by atoms with Gasteiger partial charge in [0, 0.05) is 0 Å². The van der Waals surface area contributed by atoms with Gasteiger partial charge in [-0.25, -0.2) is 14.0 Å². The summed E-state index contributed by atoms with van der Waals surface area (Å²) in [6.07, 6.45) is 7.03. The number of halogens is 1. The summed E-state index contributed by atoms with van der Waals surface area (Å²) in [5.41, 5.74) is 2.25. The molecule has 0 atom stereocenters. The van der Waals surface area contributed by atoms with Gasteiger partial charge in [0.2, 0.25) is 0 Å². The number of carbonyl (C=O) groups excluding carboxylic acids is 2. The van der Waals surface area contributed by atoms with E-state index in [4.69, 9.17) is 14.2 Å². The molecule has 0 aliphatic rings. The standard InChI is InChI=1S/C31H35FO5/c1-4-5-6-7-8-9-20-35-27-17-14-24(15-18-27)23-10-12-25(13-11-23)30(33)37-29-19-16-26(21-28(29)32)31(34)36-22(2)3/h10-19,21-22H,4-9,20H2,1-3H3. The highest BCUT2D eigenvalue weighted by atomic mass is 19.1.